The first-order valence-corrected chi connectivity index (χ1v) is 4.00. The minimum absolute atomic E-state index is 0.0659. The summed E-state index contributed by atoms with van der Waals surface area (Å²) in [4.78, 5) is 8.00. The van der Waals surface area contributed by atoms with E-state index in [2.05, 4.69) is 5.32 Å². The molecule has 0 aliphatic heterocycles. The fourth-order valence-electron chi connectivity index (χ4n) is 1.05. The lowest BCUT2D eigenvalue weighted by Crippen LogP contribution is -2.19. The number of carbonyl (C=O) groups excluding carboxylic acids is 1. The molecule has 0 unspecified atom stereocenters. The smallest absolute Gasteiger partial charge is 0.106 e. The molecule has 1 rings (SSSR count). The summed E-state index contributed by atoms with van der Waals surface area (Å²) in [7, 11) is 1.84. The molecule has 0 amide bonds. The number of aliphatic hydroxyl groups excluding tert-OH is 1. The molecule has 0 aliphatic rings. The third-order valence-electron chi connectivity index (χ3n) is 1.73. The van der Waals surface area contributed by atoms with Crippen molar-refractivity contribution in [2.24, 2.45) is 0 Å². The fraction of sp³-hybridized carbons (Fsp3) is 0.300. The molecule has 0 saturated carbocycles. The van der Waals surface area contributed by atoms with E-state index in [4.69, 9.17) is 9.90 Å². The van der Waals surface area contributed by atoms with Gasteiger partial charge in [-0.15, -0.1) is 0 Å². The standard InChI is InChI=1S/C9H13NO.CH2O/c1-10-9(7-11)8-5-3-2-4-6-8;1-2/h2-6,9-11H,7H2,1H3;1H2/t9-;/m0./s1. The lowest BCUT2D eigenvalue weighted by atomic mass is 10.1. The Morgan fingerprint density at radius 2 is 1.92 bits per heavy atom. The van der Waals surface area contributed by atoms with Gasteiger partial charge >= 0.3 is 0 Å². The van der Waals surface area contributed by atoms with Gasteiger partial charge in [0.25, 0.3) is 0 Å². The summed E-state index contributed by atoms with van der Waals surface area (Å²) in [5.74, 6) is 0. The Bertz CT molecular complexity index is 209. The number of benzene rings is 1. The van der Waals surface area contributed by atoms with E-state index in [9.17, 15) is 0 Å². The topological polar surface area (TPSA) is 49.3 Å². The van der Waals surface area contributed by atoms with Gasteiger partial charge in [0, 0.05) is 0 Å². The maximum Gasteiger partial charge on any atom is 0.106 e. The van der Waals surface area contributed by atoms with Crippen LogP contribution in [-0.2, 0) is 4.79 Å². The van der Waals surface area contributed by atoms with Crippen LogP contribution in [0.25, 0.3) is 0 Å². The molecule has 0 heterocycles. The molecule has 1 atom stereocenters. The van der Waals surface area contributed by atoms with Crippen LogP contribution < -0.4 is 5.32 Å². The van der Waals surface area contributed by atoms with Gasteiger partial charge in [0.2, 0.25) is 0 Å². The van der Waals surface area contributed by atoms with Crippen LogP contribution in [0.1, 0.15) is 11.6 Å². The third-order valence-corrected chi connectivity index (χ3v) is 1.73. The van der Waals surface area contributed by atoms with Crippen molar-refractivity contribution in [1.82, 2.24) is 5.32 Å². The zero-order valence-corrected chi connectivity index (χ0v) is 7.73. The Hall–Kier alpha value is -1.19. The average Bonchev–Trinajstić information content (AvgIpc) is 2.24. The average molecular weight is 181 g/mol. The minimum atomic E-state index is 0.0659. The van der Waals surface area contributed by atoms with Crippen molar-refractivity contribution in [3.63, 3.8) is 0 Å². The normalized spacial score (nSPS) is 11.2. The van der Waals surface area contributed by atoms with Crippen LogP contribution in [-0.4, -0.2) is 25.6 Å². The Labute approximate surface area is 78.4 Å². The summed E-state index contributed by atoms with van der Waals surface area (Å²) in [6.07, 6.45) is 0. The van der Waals surface area contributed by atoms with Crippen molar-refractivity contribution >= 4 is 6.79 Å². The quantitative estimate of drug-likeness (QED) is 0.723. The molecule has 0 bridgehead atoms. The van der Waals surface area contributed by atoms with E-state index in [0.29, 0.717) is 0 Å². The summed E-state index contributed by atoms with van der Waals surface area (Å²) in [6, 6.07) is 9.96. The van der Waals surface area contributed by atoms with Crippen LogP contribution in [0.5, 0.6) is 0 Å². The number of carbonyl (C=O) groups is 1. The molecular formula is C10H15NO2. The van der Waals surface area contributed by atoms with Crippen LogP contribution in [0.15, 0.2) is 30.3 Å². The number of hydrogen-bond donors (Lipinski definition) is 2. The van der Waals surface area contributed by atoms with Crippen molar-refractivity contribution in [3.05, 3.63) is 35.9 Å². The Morgan fingerprint density at radius 3 is 2.31 bits per heavy atom. The number of rotatable bonds is 3. The number of aliphatic hydroxyl groups is 1. The Morgan fingerprint density at radius 1 is 1.38 bits per heavy atom. The summed E-state index contributed by atoms with van der Waals surface area (Å²) in [5.41, 5.74) is 1.12. The highest BCUT2D eigenvalue weighted by Gasteiger charge is 2.04. The first-order valence-electron chi connectivity index (χ1n) is 4.00. The first kappa shape index (κ1) is 11.8. The van der Waals surface area contributed by atoms with Gasteiger partial charge in [0.15, 0.2) is 0 Å². The first-order chi connectivity index (χ1) is 6.38. The molecule has 3 nitrogen and oxygen atoms in total. The molecular weight excluding hydrogens is 166 g/mol. The third kappa shape index (κ3) is 3.83. The van der Waals surface area contributed by atoms with Crippen LogP contribution in [0.3, 0.4) is 0 Å². The largest absolute Gasteiger partial charge is 0.394 e. The molecule has 2 N–H and O–H groups in total. The summed E-state index contributed by atoms with van der Waals surface area (Å²) < 4.78 is 0. The summed E-state index contributed by atoms with van der Waals surface area (Å²) in [6.45, 7) is 2.14. The van der Waals surface area contributed by atoms with E-state index in [1.54, 1.807) is 0 Å². The van der Waals surface area contributed by atoms with E-state index < -0.39 is 0 Å². The van der Waals surface area contributed by atoms with Crippen molar-refractivity contribution in [2.75, 3.05) is 13.7 Å². The lowest BCUT2D eigenvalue weighted by Gasteiger charge is -2.12. The van der Waals surface area contributed by atoms with Gasteiger partial charge in [-0.25, -0.2) is 0 Å². The molecule has 0 fully saturated rings. The highest BCUT2D eigenvalue weighted by Crippen LogP contribution is 2.09. The second-order valence-corrected chi connectivity index (χ2v) is 2.43. The monoisotopic (exact) mass is 181 g/mol. The molecule has 13 heavy (non-hydrogen) atoms. The van der Waals surface area contributed by atoms with E-state index in [1.165, 1.54) is 0 Å². The van der Waals surface area contributed by atoms with Crippen LogP contribution in [0, 0.1) is 0 Å². The van der Waals surface area contributed by atoms with Crippen LogP contribution in [0.2, 0.25) is 0 Å². The zero-order valence-electron chi connectivity index (χ0n) is 7.73. The molecule has 72 valence electrons. The van der Waals surface area contributed by atoms with Gasteiger partial charge in [-0.05, 0) is 12.6 Å². The molecule has 0 aliphatic carbocycles. The molecule has 1 aromatic rings. The second-order valence-electron chi connectivity index (χ2n) is 2.43. The van der Waals surface area contributed by atoms with Crippen molar-refractivity contribution in [1.29, 1.82) is 0 Å². The molecule has 0 radical (unpaired) electrons. The van der Waals surface area contributed by atoms with E-state index >= 15 is 0 Å². The van der Waals surface area contributed by atoms with Gasteiger partial charge in [-0.2, -0.15) is 0 Å². The van der Waals surface area contributed by atoms with E-state index in [1.807, 2.05) is 44.2 Å². The van der Waals surface area contributed by atoms with Crippen molar-refractivity contribution in [3.8, 4) is 0 Å². The highest BCUT2D eigenvalue weighted by molar-refractivity contribution is 5.18. The Balaban J connectivity index is 0.000000671. The maximum absolute atomic E-state index is 8.92. The highest BCUT2D eigenvalue weighted by atomic mass is 16.3. The zero-order chi connectivity index (χ0) is 10.1. The van der Waals surface area contributed by atoms with Crippen molar-refractivity contribution < 1.29 is 9.90 Å². The maximum atomic E-state index is 8.92. The van der Waals surface area contributed by atoms with Gasteiger partial charge in [0.1, 0.15) is 6.79 Å². The predicted octanol–water partition coefficient (Wildman–Crippen LogP) is 0.755. The van der Waals surface area contributed by atoms with Crippen LogP contribution >= 0.6 is 0 Å². The number of nitrogens with one attached hydrogen (secondary N) is 1. The molecule has 1 aromatic carbocycles. The van der Waals surface area contributed by atoms with Gasteiger partial charge < -0.3 is 15.2 Å². The second kappa shape index (κ2) is 7.46. The van der Waals surface area contributed by atoms with E-state index in [0.717, 1.165) is 5.56 Å². The van der Waals surface area contributed by atoms with Gasteiger partial charge in [0.05, 0.1) is 12.6 Å². The van der Waals surface area contributed by atoms with Crippen LogP contribution in [0.4, 0.5) is 0 Å². The lowest BCUT2D eigenvalue weighted by molar-refractivity contribution is -0.0979. The minimum Gasteiger partial charge on any atom is -0.394 e. The number of likely N-dealkylation sites (N-methyl/N-ethyl adjacent to an activating group) is 1. The predicted molar refractivity (Wildman–Crippen MR) is 52.4 cm³/mol. The van der Waals surface area contributed by atoms with Gasteiger partial charge in [-0.3, -0.25) is 0 Å². The van der Waals surface area contributed by atoms with Crippen molar-refractivity contribution in [2.45, 2.75) is 6.04 Å². The summed E-state index contributed by atoms with van der Waals surface area (Å²) in [5, 5.41) is 11.9. The SMILES string of the molecule is C=O.CN[C@@H](CO)c1ccccc1. The molecule has 3 heteroatoms. The molecule has 0 aromatic heterocycles. The Kier molecular flexibility index (Phi) is 6.78. The van der Waals surface area contributed by atoms with Gasteiger partial charge in [-0.1, -0.05) is 30.3 Å². The molecule has 0 spiro atoms. The molecule has 0 saturated heterocycles. The summed E-state index contributed by atoms with van der Waals surface area (Å²) >= 11 is 0. The number of hydrogen-bond acceptors (Lipinski definition) is 3. The van der Waals surface area contributed by atoms with E-state index in [-0.39, 0.29) is 12.6 Å². The fourth-order valence-corrected chi connectivity index (χ4v) is 1.05.